The molecule has 124 valence electrons. The topological polar surface area (TPSA) is 53.8 Å². The van der Waals surface area contributed by atoms with Crippen molar-refractivity contribution in [2.45, 2.75) is 11.4 Å². The first kappa shape index (κ1) is 16.8. The van der Waals surface area contributed by atoms with Gasteiger partial charge in [-0.1, -0.05) is 23.2 Å². The fraction of sp³-hybridized carbons (Fsp3) is 0.333. The lowest BCUT2D eigenvalue weighted by atomic mass is 10.3. The van der Waals surface area contributed by atoms with Gasteiger partial charge in [0.2, 0.25) is 10.0 Å². The molecule has 23 heavy (non-hydrogen) atoms. The molecule has 1 aliphatic rings. The van der Waals surface area contributed by atoms with E-state index in [-0.39, 0.29) is 9.92 Å². The summed E-state index contributed by atoms with van der Waals surface area (Å²) in [5, 5.41) is 0.582. The average molecular weight is 375 g/mol. The quantitative estimate of drug-likeness (QED) is 0.824. The van der Waals surface area contributed by atoms with Crippen molar-refractivity contribution in [3.8, 4) is 0 Å². The minimum Gasteiger partial charge on any atom is -0.468 e. The van der Waals surface area contributed by atoms with Gasteiger partial charge < -0.3 is 4.42 Å². The number of hydrogen-bond donors (Lipinski definition) is 0. The number of nitrogens with zero attached hydrogens (tertiary/aromatic N) is 2. The van der Waals surface area contributed by atoms with Crippen molar-refractivity contribution in [1.29, 1.82) is 0 Å². The minimum atomic E-state index is -3.55. The van der Waals surface area contributed by atoms with Gasteiger partial charge in [0.15, 0.2) is 0 Å². The predicted octanol–water partition coefficient (Wildman–Crippen LogP) is 3.09. The summed E-state index contributed by atoms with van der Waals surface area (Å²) in [6.07, 6.45) is 1.64. The van der Waals surface area contributed by atoms with Crippen molar-refractivity contribution in [3.05, 3.63) is 52.4 Å². The highest BCUT2D eigenvalue weighted by atomic mass is 35.5. The van der Waals surface area contributed by atoms with Gasteiger partial charge in [-0.3, -0.25) is 4.90 Å². The zero-order valence-corrected chi connectivity index (χ0v) is 14.6. The van der Waals surface area contributed by atoms with Crippen molar-refractivity contribution in [2.75, 3.05) is 26.2 Å². The molecule has 1 aromatic carbocycles. The normalized spacial score (nSPS) is 17.5. The number of piperazine rings is 1. The van der Waals surface area contributed by atoms with E-state index in [1.807, 2.05) is 12.1 Å². The number of hydrogen-bond acceptors (Lipinski definition) is 4. The van der Waals surface area contributed by atoms with Gasteiger partial charge in [0.05, 0.1) is 27.7 Å². The largest absolute Gasteiger partial charge is 0.468 e. The van der Waals surface area contributed by atoms with Crippen molar-refractivity contribution in [3.63, 3.8) is 0 Å². The summed E-state index contributed by atoms with van der Waals surface area (Å²) in [5.74, 6) is 0.880. The number of rotatable bonds is 4. The van der Waals surface area contributed by atoms with Crippen LogP contribution in [0, 0.1) is 0 Å². The lowest BCUT2D eigenvalue weighted by Crippen LogP contribution is -2.48. The first-order valence-corrected chi connectivity index (χ1v) is 9.36. The SMILES string of the molecule is O=S(=O)(c1ccc(Cl)c(Cl)c1)N1CCN(Cc2ccco2)CC1. The fourth-order valence-electron chi connectivity index (χ4n) is 2.54. The molecule has 0 radical (unpaired) electrons. The molecule has 5 nitrogen and oxygen atoms in total. The van der Waals surface area contributed by atoms with Gasteiger partial charge in [0.25, 0.3) is 0 Å². The molecular weight excluding hydrogens is 359 g/mol. The van der Waals surface area contributed by atoms with E-state index >= 15 is 0 Å². The molecule has 0 spiro atoms. The average Bonchev–Trinajstić information content (AvgIpc) is 3.03. The molecule has 2 aromatic rings. The van der Waals surface area contributed by atoms with E-state index in [2.05, 4.69) is 4.90 Å². The Labute approximate surface area is 145 Å². The Kier molecular flexibility index (Phi) is 4.98. The summed E-state index contributed by atoms with van der Waals surface area (Å²) in [5.41, 5.74) is 0. The molecule has 8 heteroatoms. The van der Waals surface area contributed by atoms with Gasteiger partial charge in [0.1, 0.15) is 5.76 Å². The van der Waals surface area contributed by atoms with Gasteiger partial charge in [0, 0.05) is 26.2 Å². The third-order valence-electron chi connectivity index (χ3n) is 3.82. The smallest absolute Gasteiger partial charge is 0.243 e. The van der Waals surface area contributed by atoms with Gasteiger partial charge in [-0.2, -0.15) is 4.31 Å². The Morgan fingerprint density at radius 3 is 2.39 bits per heavy atom. The molecule has 0 aliphatic carbocycles. The van der Waals surface area contributed by atoms with Gasteiger partial charge in [-0.05, 0) is 30.3 Å². The molecule has 1 aromatic heterocycles. The molecule has 1 saturated heterocycles. The zero-order chi connectivity index (χ0) is 16.4. The van der Waals surface area contributed by atoms with E-state index in [0.29, 0.717) is 37.7 Å². The molecule has 1 aliphatic heterocycles. The van der Waals surface area contributed by atoms with Crippen LogP contribution < -0.4 is 0 Å². The summed E-state index contributed by atoms with van der Waals surface area (Å²) < 4.78 is 32.1. The highest BCUT2D eigenvalue weighted by molar-refractivity contribution is 7.89. The minimum absolute atomic E-state index is 0.173. The molecule has 0 bridgehead atoms. The molecule has 2 heterocycles. The van der Waals surface area contributed by atoms with Crippen LogP contribution in [0.25, 0.3) is 0 Å². The maximum Gasteiger partial charge on any atom is 0.243 e. The van der Waals surface area contributed by atoms with Crippen LogP contribution in [-0.4, -0.2) is 43.8 Å². The second-order valence-electron chi connectivity index (χ2n) is 5.34. The Morgan fingerprint density at radius 2 is 1.78 bits per heavy atom. The van der Waals surface area contributed by atoms with Crippen LogP contribution in [0.15, 0.2) is 45.9 Å². The molecule has 1 fully saturated rings. The highest BCUT2D eigenvalue weighted by Crippen LogP contribution is 2.27. The second kappa shape index (κ2) is 6.83. The summed E-state index contributed by atoms with van der Waals surface area (Å²) in [6, 6.07) is 8.15. The Balaban J connectivity index is 1.67. The third-order valence-corrected chi connectivity index (χ3v) is 6.45. The summed E-state index contributed by atoms with van der Waals surface area (Å²) in [6.45, 7) is 2.86. The Morgan fingerprint density at radius 1 is 1.04 bits per heavy atom. The number of halogens is 2. The standard InChI is InChI=1S/C15H16Cl2N2O3S/c16-14-4-3-13(10-15(14)17)23(20,21)19-7-5-18(6-8-19)11-12-2-1-9-22-12/h1-4,9-10H,5-8,11H2. The maximum absolute atomic E-state index is 12.7. The number of sulfonamides is 1. The molecule has 0 atom stereocenters. The molecule has 0 amide bonds. The first-order chi connectivity index (χ1) is 11.0. The Hall–Kier alpha value is -1.05. The third kappa shape index (κ3) is 3.72. The summed E-state index contributed by atoms with van der Waals surface area (Å²) in [7, 11) is -3.55. The van der Waals surface area contributed by atoms with E-state index in [0.717, 1.165) is 5.76 Å². The van der Waals surface area contributed by atoms with Crippen LogP contribution in [0.4, 0.5) is 0 Å². The van der Waals surface area contributed by atoms with Crippen LogP contribution in [-0.2, 0) is 16.6 Å². The molecule has 0 saturated carbocycles. The van der Waals surface area contributed by atoms with E-state index in [1.54, 1.807) is 6.26 Å². The molecular formula is C15H16Cl2N2O3S. The summed E-state index contributed by atoms with van der Waals surface area (Å²) >= 11 is 11.8. The van der Waals surface area contributed by atoms with Crippen molar-refractivity contribution in [1.82, 2.24) is 9.21 Å². The fourth-order valence-corrected chi connectivity index (χ4v) is 4.35. The summed E-state index contributed by atoms with van der Waals surface area (Å²) in [4.78, 5) is 2.34. The van der Waals surface area contributed by atoms with Crippen LogP contribution >= 0.6 is 23.2 Å². The zero-order valence-electron chi connectivity index (χ0n) is 12.3. The highest BCUT2D eigenvalue weighted by Gasteiger charge is 2.29. The Bertz CT molecular complexity index is 770. The molecule has 0 unspecified atom stereocenters. The van der Waals surface area contributed by atoms with E-state index in [4.69, 9.17) is 27.6 Å². The first-order valence-electron chi connectivity index (χ1n) is 7.17. The van der Waals surface area contributed by atoms with Crippen molar-refractivity contribution < 1.29 is 12.8 Å². The van der Waals surface area contributed by atoms with Crippen LogP contribution in [0.3, 0.4) is 0 Å². The van der Waals surface area contributed by atoms with E-state index < -0.39 is 10.0 Å². The van der Waals surface area contributed by atoms with Crippen LogP contribution in [0.2, 0.25) is 10.0 Å². The van der Waals surface area contributed by atoms with Crippen LogP contribution in [0.1, 0.15) is 5.76 Å². The maximum atomic E-state index is 12.7. The predicted molar refractivity (Wildman–Crippen MR) is 89.2 cm³/mol. The van der Waals surface area contributed by atoms with E-state index in [1.165, 1.54) is 22.5 Å². The second-order valence-corrected chi connectivity index (χ2v) is 8.09. The monoisotopic (exact) mass is 374 g/mol. The van der Waals surface area contributed by atoms with Gasteiger partial charge >= 0.3 is 0 Å². The van der Waals surface area contributed by atoms with Crippen LogP contribution in [0.5, 0.6) is 0 Å². The number of benzene rings is 1. The lowest BCUT2D eigenvalue weighted by Gasteiger charge is -2.33. The number of furan rings is 1. The molecule has 0 N–H and O–H groups in total. The van der Waals surface area contributed by atoms with Crippen molar-refractivity contribution in [2.24, 2.45) is 0 Å². The van der Waals surface area contributed by atoms with Crippen molar-refractivity contribution >= 4 is 33.2 Å². The van der Waals surface area contributed by atoms with Gasteiger partial charge in [-0.15, -0.1) is 0 Å². The molecule has 3 rings (SSSR count). The van der Waals surface area contributed by atoms with E-state index in [9.17, 15) is 8.42 Å². The lowest BCUT2D eigenvalue weighted by molar-refractivity contribution is 0.171. The van der Waals surface area contributed by atoms with Gasteiger partial charge in [-0.25, -0.2) is 8.42 Å².